The summed E-state index contributed by atoms with van der Waals surface area (Å²) in [5.74, 6) is 0.875. The fraction of sp³-hybridized carbons (Fsp3) is 0.312. The smallest absolute Gasteiger partial charge is 0.322 e. The third-order valence-corrected chi connectivity index (χ3v) is 7.17. The minimum Gasteiger partial charge on any atom is -0.330 e. The maximum atomic E-state index is 13.9. The normalized spacial score (nSPS) is 12.2. The summed E-state index contributed by atoms with van der Waals surface area (Å²) in [5.41, 5.74) is 9.59. The van der Waals surface area contributed by atoms with Crippen molar-refractivity contribution < 1.29 is 4.79 Å². The predicted octanol–water partition coefficient (Wildman–Crippen LogP) is 6.96. The zero-order valence-corrected chi connectivity index (χ0v) is 22.7. The van der Waals surface area contributed by atoms with Crippen LogP contribution in [0.2, 0.25) is 0 Å². The average Bonchev–Trinajstić information content (AvgIpc) is 3.35. The molecule has 0 saturated heterocycles. The Kier molecular flexibility index (Phi) is 8.98. The summed E-state index contributed by atoms with van der Waals surface area (Å²) in [5, 5.41) is 3.11. The van der Waals surface area contributed by atoms with Gasteiger partial charge in [0.1, 0.15) is 5.82 Å². The van der Waals surface area contributed by atoms with Crippen LogP contribution in [0.15, 0.2) is 97.2 Å². The Balaban J connectivity index is 1.83. The Labute approximate surface area is 226 Å². The van der Waals surface area contributed by atoms with Crippen LogP contribution in [-0.4, -0.2) is 33.6 Å². The van der Waals surface area contributed by atoms with E-state index in [1.165, 1.54) is 5.56 Å². The molecule has 0 unspecified atom stereocenters. The van der Waals surface area contributed by atoms with E-state index >= 15 is 0 Å². The SMILES string of the molecule is CCC(C)(C)[C@H](c1nc(-c2ccccc2)cn1Cc1ccccc1)N(CCCN)C(=O)Nc1ccccc1. The lowest BCUT2D eigenvalue weighted by Crippen LogP contribution is -2.46. The van der Waals surface area contributed by atoms with E-state index in [9.17, 15) is 4.79 Å². The van der Waals surface area contributed by atoms with E-state index in [1.807, 2.05) is 59.5 Å². The third kappa shape index (κ3) is 6.50. The molecule has 38 heavy (non-hydrogen) atoms. The molecule has 6 heteroatoms. The van der Waals surface area contributed by atoms with Crippen LogP contribution in [0.4, 0.5) is 10.5 Å². The maximum absolute atomic E-state index is 13.9. The Morgan fingerprint density at radius 3 is 2.18 bits per heavy atom. The topological polar surface area (TPSA) is 76.2 Å². The van der Waals surface area contributed by atoms with Crippen molar-refractivity contribution in [3.05, 3.63) is 109 Å². The molecular weight excluding hydrogens is 470 g/mol. The molecule has 0 aliphatic rings. The molecule has 0 radical (unpaired) electrons. The van der Waals surface area contributed by atoms with Gasteiger partial charge in [0.25, 0.3) is 0 Å². The van der Waals surface area contributed by atoms with E-state index < -0.39 is 0 Å². The van der Waals surface area contributed by atoms with Crippen molar-refractivity contribution in [1.82, 2.24) is 14.5 Å². The van der Waals surface area contributed by atoms with Crippen molar-refractivity contribution in [1.29, 1.82) is 0 Å². The number of urea groups is 1. The quantitative estimate of drug-likeness (QED) is 0.229. The predicted molar refractivity (Wildman–Crippen MR) is 156 cm³/mol. The number of nitrogens with one attached hydrogen (secondary N) is 1. The van der Waals surface area contributed by atoms with Crippen molar-refractivity contribution >= 4 is 11.7 Å². The summed E-state index contributed by atoms with van der Waals surface area (Å²) in [6.07, 6.45) is 3.68. The van der Waals surface area contributed by atoms with Gasteiger partial charge in [0.05, 0.1) is 11.7 Å². The highest BCUT2D eigenvalue weighted by molar-refractivity contribution is 5.89. The highest BCUT2D eigenvalue weighted by Gasteiger charge is 2.40. The van der Waals surface area contributed by atoms with Gasteiger partial charge in [-0.25, -0.2) is 9.78 Å². The van der Waals surface area contributed by atoms with Crippen LogP contribution in [-0.2, 0) is 6.54 Å². The number of benzene rings is 3. The second-order valence-electron chi connectivity index (χ2n) is 10.3. The summed E-state index contributed by atoms with van der Waals surface area (Å²) in [6, 6.07) is 29.8. The van der Waals surface area contributed by atoms with Crippen molar-refractivity contribution in [2.75, 3.05) is 18.4 Å². The molecule has 198 valence electrons. The molecule has 0 spiro atoms. The summed E-state index contributed by atoms with van der Waals surface area (Å²) >= 11 is 0. The van der Waals surface area contributed by atoms with Crippen LogP contribution in [0.1, 0.15) is 51.0 Å². The molecule has 3 N–H and O–H groups in total. The van der Waals surface area contributed by atoms with Crippen LogP contribution < -0.4 is 11.1 Å². The van der Waals surface area contributed by atoms with E-state index in [0.29, 0.717) is 26.1 Å². The second kappa shape index (κ2) is 12.6. The van der Waals surface area contributed by atoms with E-state index in [4.69, 9.17) is 10.7 Å². The summed E-state index contributed by atoms with van der Waals surface area (Å²) in [4.78, 5) is 21.0. The minimum absolute atomic E-state index is 0.147. The van der Waals surface area contributed by atoms with Crippen LogP contribution in [0, 0.1) is 5.41 Å². The number of nitrogens with zero attached hydrogens (tertiary/aromatic N) is 3. The van der Waals surface area contributed by atoms with Gasteiger partial charge in [-0.3, -0.25) is 0 Å². The lowest BCUT2D eigenvalue weighted by molar-refractivity contribution is 0.101. The summed E-state index contributed by atoms with van der Waals surface area (Å²) in [6.45, 7) is 8.30. The average molecular weight is 510 g/mol. The summed E-state index contributed by atoms with van der Waals surface area (Å²) < 4.78 is 2.21. The van der Waals surface area contributed by atoms with Crippen LogP contribution >= 0.6 is 0 Å². The first-order chi connectivity index (χ1) is 18.4. The first kappa shape index (κ1) is 27.1. The number of carbonyl (C=O) groups excluding carboxylic acids is 1. The maximum Gasteiger partial charge on any atom is 0.322 e. The van der Waals surface area contributed by atoms with Crippen molar-refractivity contribution in [2.45, 2.75) is 46.2 Å². The lowest BCUT2D eigenvalue weighted by atomic mass is 9.80. The van der Waals surface area contributed by atoms with Crippen molar-refractivity contribution in [2.24, 2.45) is 11.1 Å². The standard InChI is InChI=1S/C32H39N5O/c1-4-32(2,3)29(37(22-14-21-33)31(38)34-27-19-12-7-13-20-27)30-35-28(26-17-10-6-11-18-26)24-36(30)23-25-15-8-5-9-16-25/h5-13,15-20,24,29H,4,14,21-23,33H2,1-3H3,(H,34,38)/t29-/m0/s1. The molecular formula is C32H39N5O. The number of hydrogen-bond acceptors (Lipinski definition) is 3. The van der Waals surface area contributed by atoms with E-state index in [2.05, 4.69) is 73.3 Å². The molecule has 0 bridgehead atoms. The van der Waals surface area contributed by atoms with Crippen molar-refractivity contribution in [3.63, 3.8) is 0 Å². The zero-order valence-electron chi connectivity index (χ0n) is 22.7. The molecule has 1 aromatic heterocycles. The largest absolute Gasteiger partial charge is 0.330 e. The van der Waals surface area contributed by atoms with Gasteiger partial charge >= 0.3 is 6.03 Å². The Morgan fingerprint density at radius 1 is 0.974 bits per heavy atom. The van der Waals surface area contributed by atoms with Crippen LogP contribution in [0.5, 0.6) is 0 Å². The Morgan fingerprint density at radius 2 is 1.58 bits per heavy atom. The molecule has 0 saturated carbocycles. The first-order valence-corrected chi connectivity index (χ1v) is 13.4. The van der Waals surface area contributed by atoms with Crippen molar-refractivity contribution in [3.8, 4) is 11.3 Å². The molecule has 3 aromatic carbocycles. The number of hydrogen-bond donors (Lipinski definition) is 2. The highest BCUT2D eigenvalue weighted by Crippen LogP contribution is 2.42. The van der Waals surface area contributed by atoms with Gasteiger partial charge in [-0.2, -0.15) is 0 Å². The molecule has 2 amide bonds. The van der Waals surface area contributed by atoms with Gasteiger partial charge in [0.15, 0.2) is 0 Å². The number of rotatable bonds is 11. The third-order valence-electron chi connectivity index (χ3n) is 7.17. The number of nitrogens with two attached hydrogens (primary N) is 1. The number of carbonyl (C=O) groups is 1. The molecule has 1 atom stereocenters. The molecule has 0 aliphatic carbocycles. The summed E-state index contributed by atoms with van der Waals surface area (Å²) in [7, 11) is 0. The first-order valence-electron chi connectivity index (χ1n) is 13.4. The van der Waals surface area contributed by atoms with E-state index in [1.54, 1.807) is 0 Å². The van der Waals surface area contributed by atoms with Gasteiger partial charge in [-0.1, -0.05) is 99.6 Å². The second-order valence-corrected chi connectivity index (χ2v) is 10.3. The van der Waals surface area contributed by atoms with Gasteiger partial charge in [-0.15, -0.1) is 0 Å². The van der Waals surface area contributed by atoms with Crippen LogP contribution in [0.3, 0.4) is 0 Å². The molecule has 0 fully saturated rings. The van der Waals surface area contributed by atoms with E-state index in [0.717, 1.165) is 29.2 Å². The van der Waals surface area contributed by atoms with Gasteiger partial charge in [-0.05, 0) is 42.5 Å². The number of aromatic nitrogens is 2. The van der Waals surface area contributed by atoms with Gasteiger partial charge in [0, 0.05) is 30.5 Å². The number of amides is 2. The minimum atomic E-state index is -0.274. The number of para-hydroxylation sites is 1. The lowest BCUT2D eigenvalue weighted by Gasteiger charge is -2.41. The molecule has 1 heterocycles. The van der Waals surface area contributed by atoms with Gasteiger partial charge in [0.2, 0.25) is 0 Å². The fourth-order valence-electron chi connectivity index (χ4n) is 4.73. The van der Waals surface area contributed by atoms with Crippen LogP contribution in [0.25, 0.3) is 11.3 Å². The Hall–Kier alpha value is -3.90. The fourth-order valence-corrected chi connectivity index (χ4v) is 4.73. The number of imidazole rings is 1. The molecule has 0 aliphatic heterocycles. The van der Waals surface area contributed by atoms with Gasteiger partial charge < -0.3 is 20.5 Å². The van der Waals surface area contributed by atoms with E-state index in [-0.39, 0.29) is 17.5 Å². The monoisotopic (exact) mass is 509 g/mol. The Bertz CT molecular complexity index is 1290. The molecule has 4 rings (SSSR count). The highest BCUT2D eigenvalue weighted by atomic mass is 16.2. The number of anilines is 1. The zero-order chi connectivity index (χ0) is 27.0. The molecule has 4 aromatic rings. The molecule has 6 nitrogen and oxygen atoms in total.